The maximum atomic E-state index is 11.6. The molecular formula is C16H21N3O4. The van der Waals surface area contributed by atoms with Crippen LogP contribution < -0.4 is 11.1 Å². The summed E-state index contributed by atoms with van der Waals surface area (Å²) in [6.45, 7) is 1.67. The summed E-state index contributed by atoms with van der Waals surface area (Å²) in [4.78, 5) is 34.6. The van der Waals surface area contributed by atoms with Crippen LogP contribution in [0, 0.1) is 0 Å². The lowest BCUT2D eigenvalue weighted by Gasteiger charge is -2.14. The first-order valence-corrected chi connectivity index (χ1v) is 7.25. The monoisotopic (exact) mass is 319 g/mol. The van der Waals surface area contributed by atoms with E-state index >= 15 is 0 Å². The van der Waals surface area contributed by atoms with Crippen molar-refractivity contribution in [2.75, 3.05) is 0 Å². The number of aromatic amines is 1. The van der Waals surface area contributed by atoms with Crippen molar-refractivity contribution >= 4 is 29.2 Å². The number of rotatable bonds is 6. The Morgan fingerprint density at radius 2 is 2.04 bits per heavy atom. The Balaban J connectivity index is 0.000000816. The summed E-state index contributed by atoms with van der Waals surface area (Å²) < 4.78 is 0. The van der Waals surface area contributed by atoms with Gasteiger partial charge in [0.25, 0.3) is 6.47 Å². The number of nitrogens with two attached hydrogens (primary N) is 1. The molecule has 0 aliphatic carbocycles. The number of hydrogen-bond donors (Lipinski definition) is 4. The molecule has 1 unspecified atom stereocenters. The van der Waals surface area contributed by atoms with Crippen molar-refractivity contribution in [2.24, 2.45) is 5.73 Å². The Morgan fingerprint density at radius 1 is 1.39 bits per heavy atom. The van der Waals surface area contributed by atoms with E-state index in [2.05, 4.69) is 10.3 Å². The molecule has 7 nitrogen and oxygen atoms in total. The van der Waals surface area contributed by atoms with Crippen LogP contribution in [-0.2, 0) is 20.8 Å². The smallest absolute Gasteiger partial charge is 0.290 e. The second-order valence-electron chi connectivity index (χ2n) is 4.94. The van der Waals surface area contributed by atoms with Gasteiger partial charge in [-0.05, 0) is 18.1 Å². The quantitative estimate of drug-likeness (QED) is 0.596. The van der Waals surface area contributed by atoms with Gasteiger partial charge in [-0.15, -0.1) is 0 Å². The zero-order valence-electron chi connectivity index (χ0n) is 12.9. The van der Waals surface area contributed by atoms with Crippen LogP contribution in [0.1, 0.15) is 25.3 Å². The fraction of sp³-hybridized carbons (Fsp3) is 0.312. The molecule has 0 aliphatic rings. The molecule has 1 aromatic heterocycles. The minimum atomic E-state index is -0.673. The summed E-state index contributed by atoms with van der Waals surface area (Å²) in [6, 6.07) is 7.15. The summed E-state index contributed by atoms with van der Waals surface area (Å²) in [5, 5.41) is 10.6. The Kier molecular flexibility index (Phi) is 7.32. The van der Waals surface area contributed by atoms with E-state index in [9.17, 15) is 9.59 Å². The molecule has 2 aromatic rings. The van der Waals surface area contributed by atoms with Crippen LogP contribution in [0.15, 0.2) is 30.5 Å². The van der Waals surface area contributed by atoms with E-state index in [1.807, 2.05) is 37.4 Å². The van der Waals surface area contributed by atoms with Gasteiger partial charge < -0.3 is 21.1 Å². The van der Waals surface area contributed by atoms with E-state index in [-0.39, 0.29) is 12.4 Å². The highest BCUT2D eigenvalue weighted by atomic mass is 16.3. The minimum absolute atomic E-state index is 0.142. The molecule has 2 amide bonds. The lowest BCUT2D eigenvalue weighted by molar-refractivity contribution is -0.127. The zero-order chi connectivity index (χ0) is 17.2. The average molecular weight is 319 g/mol. The molecule has 0 saturated heterocycles. The molecule has 0 fully saturated rings. The molecule has 1 atom stereocenters. The summed E-state index contributed by atoms with van der Waals surface area (Å²) >= 11 is 0. The van der Waals surface area contributed by atoms with Crippen molar-refractivity contribution < 1.29 is 19.5 Å². The molecular weight excluding hydrogens is 298 g/mol. The van der Waals surface area contributed by atoms with Crippen LogP contribution in [0.5, 0.6) is 0 Å². The van der Waals surface area contributed by atoms with Gasteiger partial charge in [0.2, 0.25) is 11.8 Å². The highest BCUT2D eigenvalue weighted by Crippen LogP contribution is 2.19. The lowest BCUT2D eigenvalue weighted by atomic mass is 10.0. The van der Waals surface area contributed by atoms with Crippen molar-refractivity contribution in [2.45, 2.75) is 32.2 Å². The molecule has 0 spiro atoms. The van der Waals surface area contributed by atoms with Gasteiger partial charge in [-0.1, -0.05) is 25.1 Å². The molecule has 5 N–H and O–H groups in total. The standard InChI is InChI=1S/C15H19N3O2.CH2O2/c1-2-5-14(19)18-13(15(16)20)8-10-9-17-12-7-4-3-6-11(10)12;2-1-3/h3-4,6-7,9,13,17H,2,5,8H2,1H3,(H2,16,20)(H,18,19);1H,(H,2,3). The van der Waals surface area contributed by atoms with Crippen LogP contribution in [0.25, 0.3) is 10.9 Å². The molecule has 0 saturated carbocycles. The topological polar surface area (TPSA) is 125 Å². The van der Waals surface area contributed by atoms with E-state index in [0.717, 1.165) is 22.9 Å². The number of benzene rings is 1. The maximum absolute atomic E-state index is 11.6. The molecule has 7 heteroatoms. The van der Waals surface area contributed by atoms with Crippen LogP contribution in [0.2, 0.25) is 0 Å². The number of hydrogen-bond acceptors (Lipinski definition) is 3. The number of carbonyl (C=O) groups is 3. The lowest BCUT2D eigenvalue weighted by Crippen LogP contribution is -2.45. The number of fused-ring (bicyclic) bond motifs is 1. The van der Waals surface area contributed by atoms with Crippen LogP contribution >= 0.6 is 0 Å². The van der Waals surface area contributed by atoms with Crippen molar-refractivity contribution in [3.05, 3.63) is 36.0 Å². The summed E-state index contributed by atoms with van der Waals surface area (Å²) in [5.74, 6) is -0.657. The normalized spacial score (nSPS) is 11.2. The first-order chi connectivity index (χ1) is 11.0. The number of carboxylic acid groups (broad SMARTS) is 1. The van der Waals surface area contributed by atoms with Crippen molar-refractivity contribution in [1.29, 1.82) is 0 Å². The van der Waals surface area contributed by atoms with Gasteiger partial charge in [0.15, 0.2) is 0 Å². The van der Waals surface area contributed by atoms with Gasteiger partial charge in [-0.2, -0.15) is 0 Å². The van der Waals surface area contributed by atoms with Crippen LogP contribution in [0.3, 0.4) is 0 Å². The van der Waals surface area contributed by atoms with E-state index < -0.39 is 11.9 Å². The Labute approximate surface area is 133 Å². The Bertz CT molecular complexity index is 666. The van der Waals surface area contributed by atoms with Gasteiger partial charge in [0.1, 0.15) is 6.04 Å². The molecule has 2 rings (SSSR count). The minimum Gasteiger partial charge on any atom is -0.483 e. The summed E-state index contributed by atoms with van der Waals surface area (Å²) in [6.07, 6.45) is 3.39. The molecule has 0 bridgehead atoms. The molecule has 1 heterocycles. The van der Waals surface area contributed by atoms with Crippen molar-refractivity contribution in [3.63, 3.8) is 0 Å². The number of nitrogens with one attached hydrogen (secondary N) is 2. The Hall–Kier alpha value is -2.83. The fourth-order valence-electron chi connectivity index (χ4n) is 2.24. The van der Waals surface area contributed by atoms with Gasteiger partial charge in [0.05, 0.1) is 0 Å². The predicted molar refractivity (Wildman–Crippen MR) is 86.7 cm³/mol. The first-order valence-electron chi connectivity index (χ1n) is 7.25. The largest absolute Gasteiger partial charge is 0.483 e. The molecule has 1 aromatic carbocycles. The number of aromatic nitrogens is 1. The number of primary amides is 1. The molecule has 0 radical (unpaired) electrons. The highest BCUT2D eigenvalue weighted by Gasteiger charge is 2.19. The molecule has 23 heavy (non-hydrogen) atoms. The fourth-order valence-corrected chi connectivity index (χ4v) is 2.24. The van der Waals surface area contributed by atoms with Crippen molar-refractivity contribution in [1.82, 2.24) is 10.3 Å². The number of carbonyl (C=O) groups excluding carboxylic acids is 2. The Morgan fingerprint density at radius 3 is 2.65 bits per heavy atom. The maximum Gasteiger partial charge on any atom is 0.290 e. The summed E-state index contributed by atoms with van der Waals surface area (Å²) in [7, 11) is 0. The third-order valence-corrected chi connectivity index (χ3v) is 3.25. The molecule has 124 valence electrons. The summed E-state index contributed by atoms with van der Waals surface area (Å²) in [5.41, 5.74) is 7.36. The molecule has 0 aliphatic heterocycles. The van der Waals surface area contributed by atoms with Gasteiger partial charge in [-0.3, -0.25) is 14.4 Å². The second-order valence-corrected chi connectivity index (χ2v) is 4.94. The van der Waals surface area contributed by atoms with E-state index in [0.29, 0.717) is 12.8 Å². The van der Waals surface area contributed by atoms with E-state index in [1.165, 1.54) is 0 Å². The van der Waals surface area contributed by atoms with Gasteiger partial charge in [-0.25, -0.2) is 0 Å². The van der Waals surface area contributed by atoms with Crippen molar-refractivity contribution in [3.8, 4) is 0 Å². The number of amides is 2. The van der Waals surface area contributed by atoms with E-state index in [4.69, 9.17) is 15.6 Å². The SMILES string of the molecule is CCCC(=O)NC(Cc1c[nH]c2ccccc12)C(N)=O.O=CO. The second kappa shape index (κ2) is 9.24. The van der Waals surface area contributed by atoms with Crippen LogP contribution in [0.4, 0.5) is 0 Å². The third kappa shape index (κ3) is 5.46. The number of H-pyrrole nitrogens is 1. The number of para-hydroxylation sites is 1. The zero-order valence-corrected chi connectivity index (χ0v) is 12.9. The van der Waals surface area contributed by atoms with Gasteiger partial charge >= 0.3 is 0 Å². The highest BCUT2D eigenvalue weighted by molar-refractivity contribution is 5.88. The average Bonchev–Trinajstić information content (AvgIpc) is 2.91. The van der Waals surface area contributed by atoms with Gasteiger partial charge in [0, 0.05) is 29.9 Å². The third-order valence-electron chi connectivity index (χ3n) is 3.25. The predicted octanol–water partition coefficient (Wildman–Crippen LogP) is 1.18. The van der Waals surface area contributed by atoms with Crippen LogP contribution in [-0.4, -0.2) is 34.4 Å². The first kappa shape index (κ1) is 18.2. The van der Waals surface area contributed by atoms with E-state index in [1.54, 1.807) is 0 Å².